The van der Waals surface area contributed by atoms with Gasteiger partial charge in [0.15, 0.2) is 0 Å². The smallest absolute Gasteiger partial charge is 0.248 e. The lowest BCUT2D eigenvalue weighted by atomic mass is 10.1. The molecule has 0 aromatic heterocycles. The van der Waals surface area contributed by atoms with Crippen LogP contribution in [0.3, 0.4) is 0 Å². The molecule has 1 rings (SSSR count). The predicted molar refractivity (Wildman–Crippen MR) is 69.7 cm³/mol. The Morgan fingerprint density at radius 3 is 2.39 bits per heavy atom. The molecule has 0 heterocycles. The Morgan fingerprint density at radius 1 is 1.28 bits per heavy atom. The average molecular weight is 249 g/mol. The van der Waals surface area contributed by atoms with Crippen LogP contribution < -0.4 is 16.8 Å². The van der Waals surface area contributed by atoms with Gasteiger partial charge >= 0.3 is 0 Å². The molecular weight excluding hydrogens is 230 g/mol. The van der Waals surface area contributed by atoms with E-state index in [4.69, 9.17) is 11.5 Å². The van der Waals surface area contributed by atoms with Gasteiger partial charge in [0.2, 0.25) is 11.8 Å². The molecule has 1 aromatic rings. The zero-order chi connectivity index (χ0) is 13.5. The Bertz CT molecular complexity index is 415. The minimum absolute atomic E-state index is 0.157. The van der Waals surface area contributed by atoms with Crippen molar-refractivity contribution in [1.82, 2.24) is 5.32 Å². The van der Waals surface area contributed by atoms with E-state index in [-0.39, 0.29) is 5.91 Å². The second-order valence-electron chi connectivity index (χ2n) is 4.17. The fourth-order valence-electron chi connectivity index (χ4n) is 1.55. The third kappa shape index (κ3) is 4.18. The van der Waals surface area contributed by atoms with Crippen LogP contribution in [0.1, 0.15) is 35.7 Å². The number of primary amides is 1. The third-order valence-electron chi connectivity index (χ3n) is 2.64. The van der Waals surface area contributed by atoms with E-state index in [9.17, 15) is 9.59 Å². The van der Waals surface area contributed by atoms with Crippen molar-refractivity contribution in [3.8, 4) is 0 Å². The molecule has 2 amide bonds. The number of hydrogen-bond donors (Lipinski definition) is 3. The first-order valence-electron chi connectivity index (χ1n) is 5.96. The van der Waals surface area contributed by atoms with E-state index in [2.05, 4.69) is 5.32 Å². The summed E-state index contributed by atoms with van der Waals surface area (Å²) in [6.07, 6.45) is 1.55. The highest BCUT2D eigenvalue weighted by Crippen LogP contribution is 2.04. The molecule has 1 atom stereocenters. The number of nitrogens with one attached hydrogen (secondary N) is 1. The van der Waals surface area contributed by atoms with Crippen molar-refractivity contribution < 1.29 is 9.59 Å². The first-order valence-corrected chi connectivity index (χ1v) is 5.96. The number of rotatable bonds is 6. The summed E-state index contributed by atoms with van der Waals surface area (Å²) >= 11 is 0. The number of carbonyl (C=O) groups excluding carboxylic acids is 2. The van der Waals surface area contributed by atoms with Gasteiger partial charge in [0.05, 0.1) is 6.04 Å². The summed E-state index contributed by atoms with van der Waals surface area (Å²) in [6.45, 7) is 2.38. The fourth-order valence-corrected chi connectivity index (χ4v) is 1.55. The van der Waals surface area contributed by atoms with Crippen molar-refractivity contribution in [2.24, 2.45) is 11.5 Å². The Kier molecular flexibility index (Phi) is 5.32. The van der Waals surface area contributed by atoms with Crippen molar-refractivity contribution in [3.63, 3.8) is 0 Å². The lowest BCUT2D eigenvalue weighted by Crippen LogP contribution is -2.40. The van der Waals surface area contributed by atoms with E-state index in [0.29, 0.717) is 18.5 Å². The molecule has 1 aromatic carbocycles. The van der Waals surface area contributed by atoms with E-state index in [1.807, 2.05) is 6.92 Å². The Balaban J connectivity index is 2.48. The SMILES string of the molecule is CCCC(N)C(=O)NCc1ccc(C(N)=O)cc1. The van der Waals surface area contributed by atoms with Crippen molar-refractivity contribution in [1.29, 1.82) is 0 Å². The molecule has 0 aliphatic rings. The molecule has 0 radical (unpaired) electrons. The Morgan fingerprint density at radius 2 is 1.89 bits per heavy atom. The molecule has 0 aliphatic heterocycles. The number of amides is 2. The van der Waals surface area contributed by atoms with E-state index in [1.54, 1.807) is 24.3 Å². The second kappa shape index (κ2) is 6.76. The van der Waals surface area contributed by atoms with E-state index >= 15 is 0 Å². The van der Waals surface area contributed by atoms with Gasteiger partial charge in [-0.05, 0) is 24.1 Å². The van der Waals surface area contributed by atoms with E-state index in [0.717, 1.165) is 12.0 Å². The van der Waals surface area contributed by atoms with Crippen molar-refractivity contribution in [2.75, 3.05) is 0 Å². The molecule has 5 N–H and O–H groups in total. The minimum Gasteiger partial charge on any atom is -0.366 e. The second-order valence-corrected chi connectivity index (χ2v) is 4.17. The highest BCUT2D eigenvalue weighted by atomic mass is 16.2. The van der Waals surface area contributed by atoms with Crippen LogP contribution >= 0.6 is 0 Å². The van der Waals surface area contributed by atoms with E-state index < -0.39 is 11.9 Å². The molecule has 18 heavy (non-hydrogen) atoms. The molecule has 98 valence electrons. The first-order chi connectivity index (χ1) is 8.54. The topological polar surface area (TPSA) is 98.2 Å². The van der Waals surface area contributed by atoms with Gasteiger partial charge in [-0.15, -0.1) is 0 Å². The molecule has 0 saturated carbocycles. The summed E-state index contributed by atoms with van der Waals surface area (Å²) in [5, 5.41) is 2.75. The van der Waals surface area contributed by atoms with E-state index in [1.165, 1.54) is 0 Å². The van der Waals surface area contributed by atoms with Crippen molar-refractivity contribution in [2.45, 2.75) is 32.4 Å². The molecule has 0 fully saturated rings. The first kappa shape index (κ1) is 14.2. The molecular formula is C13H19N3O2. The highest BCUT2D eigenvalue weighted by Gasteiger charge is 2.11. The quantitative estimate of drug-likeness (QED) is 0.685. The van der Waals surface area contributed by atoms with Gasteiger partial charge in [-0.3, -0.25) is 9.59 Å². The lowest BCUT2D eigenvalue weighted by Gasteiger charge is -2.11. The highest BCUT2D eigenvalue weighted by molar-refractivity contribution is 5.92. The molecule has 1 unspecified atom stereocenters. The van der Waals surface area contributed by atoms with Gasteiger partial charge in [0, 0.05) is 12.1 Å². The lowest BCUT2D eigenvalue weighted by molar-refractivity contribution is -0.122. The van der Waals surface area contributed by atoms with Crippen molar-refractivity contribution >= 4 is 11.8 Å². The standard InChI is InChI=1S/C13H19N3O2/c1-2-3-11(14)13(18)16-8-9-4-6-10(7-5-9)12(15)17/h4-7,11H,2-3,8,14H2,1H3,(H2,15,17)(H,16,18). The fraction of sp³-hybridized carbons (Fsp3) is 0.385. The molecule has 0 spiro atoms. The van der Waals surface area contributed by atoms with Gasteiger partial charge in [-0.2, -0.15) is 0 Å². The maximum atomic E-state index is 11.6. The minimum atomic E-state index is -0.462. The van der Waals surface area contributed by atoms with Crippen molar-refractivity contribution in [3.05, 3.63) is 35.4 Å². The zero-order valence-electron chi connectivity index (χ0n) is 10.5. The largest absolute Gasteiger partial charge is 0.366 e. The van der Waals surface area contributed by atoms with Crippen LogP contribution in [0.25, 0.3) is 0 Å². The monoisotopic (exact) mass is 249 g/mol. The third-order valence-corrected chi connectivity index (χ3v) is 2.64. The van der Waals surface area contributed by atoms with Crippen LogP contribution in [0.2, 0.25) is 0 Å². The van der Waals surface area contributed by atoms with Crippen LogP contribution in [-0.2, 0) is 11.3 Å². The Hall–Kier alpha value is -1.88. The van der Waals surface area contributed by atoms with Crippen LogP contribution in [0, 0.1) is 0 Å². The van der Waals surface area contributed by atoms with Gasteiger partial charge in [0.25, 0.3) is 0 Å². The van der Waals surface area contributed by atoms with Crippen LogP contribution in [0.4, 0.5) is 0 Å². The summed E-state index contributed by atoms with van der Waals surface area (Å²) in [5.41, 5.74) is 12.2. The summed E-state index contributed by atoms with van der Waals surface area (Å²) in [4.78, 5) is 22.4. The summed E-state index contributed by atoms with van der Waals surface area (Å²) in [6, 6.07) is 6.32. The van der Waals surface area contributed by atoms with Gasteiger partial charge < -0.3 is 16.8 Å². The van der Waals surface area contributed by atoms with Crippen LogP contribution in [0.5, 0.6) is 0 Å². The normalized spacial score (nSPS) is 11.9. The maximum absolute atomic E-state index is 11.6. The molecule has 0 saturated heterocycles. The summed E-state index contributed by atoms with van der Waals surface area (Å²) < 4.78 is 0. The maximum Gasteiger partial charge on any atom is 0.248 e. The Labute approximate surface area is 107 Å². The number of nitrogens with two attached hydrogens (primary N) is 2. The molecule has 0 bridgehead atoms. The number of benzene rings is 1. The zero-order valence-corrected chi connectivity index (χ0v) is 10.5. The van der Waals surface area contributed by atoms with Gasteiger partial charge in [-0.1, -0.05) is 25.5 Å². The summed E-state index contributed by atoms with van der Waals surface area (Å²) in [5.74, 6) is -0.619. The van der Waals surface area contributed by atoms with Gasteiger partial charge in [0.1, 0.15) is 0 Å². The summed E-state index contributed by atoms with van der Waals surface area (Å²) in [7, 11) is 0. The molecule has 5 nitrogen and oxygen atoms in total. The number of hydrogen-bond acceptors (Lipinski definition) is 3. The van der Waals surface area contributed by atoms with Gasteiger partial charge in [-0.25, -0.2) is 0 Å². The molecule has 0 aliphatic carbocycles. The van der Waals surface area contributed by atoms with Crippen LogP contribution in [-0.4, -0.2) is 17.9 Å². The molecule has 5 heteroatoms. The number of carbonyl (C=O) groups is 2. The predicted octanol–water partition coefficient (Wildman–Crippen LogP) is 0.529. The van der Waals surface area contributed by atoms with Crippen LogP contribution in [0.15, 0.2) is 24.3 Å². The average Bonchev–Trinajstić information content (AvgIpc) is 2.36.